The third-order valence-electron chi connectivity index (χ3n) is 2.63. The van der Waals surface area contributed by atoms with Gasteiger partial charge in [0.25, 0.3) is 0 Å². The lowest BCUT2D eigenvalue weighted by atomic mass is 10.1. The van der Waals surface area contributed by atoms with Crippen LogP contribution in [0.5, 0.6) is 0 Å². The number of amides is 1. The van der Waals surface area contributed by atoms with Crippen LogP contribution in [0.25, 0.3) is 6.08 Å². The van der Waals surface area contributed by atoms with Gasteiger partial charge in [-0.2, -0.15) is 0 Å². The second-order valence-electron chi connectivity index (χ2n) is 4.15. The van der Waals surface area contributed by atoms with Crippen LogP contribution >= 0.6 is 15.9 Å². The minimum absolute atomic E-state index is 0.0374. The van der Waals surface area contributed by atoms with Crippen LogP contribution in [0.3, 0.4) is 0 Å². The molecule has 1 amide bonds. The molecule has 2 N–H and O–H groups in total. The van der Waals surface area contributed by atoms with Gasteiger partial charge in [-0.25, -0.2) is 0 Å². The summed E-state index contributed by atoms with van der Waals surface area (Å²) >= 11 is 3.45. The van der Waals surface area contributed by atoms with E-state index in [-0.39, 0.29) is 18.6 Å². The minimum Gasteiger partial charge on any atom is -0.394 e. The van der Waals surface area contributed by atoms with E-state index in [2.05, 4.69) is 21.2 Å². The van der Waals surface area contributed by atoms with Crippen molar-refractivity contribution in [2.75, 3.05) is 6.61 Å². The van der Waals surface area contributed by atoms with Crippen LogP contribution in [0.4, 0.5) is 0 Å². The SMILES string of the molecule is CCC(CO)NC(=O)/C=C/c1ccc(C)cc1Br. The average molecular weight is 312 g/mol. The van der Waals surface area contributed by atoms with Gasteiger partial charge in [-0.3, -0.25) is 4.79 Å². The second kappa shape index (κ2) is 7.34. The van der Waals surface area contributed by atoms with Crippen LogP contribution in [-0.4, -0.2) is 23.7 Å². The standard InChI is InChI=1S/C14H18BrNO2/c1-3-12(9-17)16-14(18)7-6-11-5-4-10(2)8-13(11)15/h4-8,12,17H,3,9H2,1-2H3,(H,16,18)/b7-6+. The Labute approximate surface area is 116 Å². The lowest BCUT2D eigenvalue weighted by molar-refractivity contribution is -0.117. The topological polar surface area (TPSA) is 49.3 Å². The molecular formula is C14H18BrNO2. The number of aliphatic hydroxyl groups excluding tert-OH is 1. The van der Waals surface area contributed by atoms with Crippen molar-refractivity contribution in [3.05, 3.63) is 39.9 Å². The van der Waals surface area contributed by atoms with Crippen LogP contribution in [0.1, 0.15) is 24.5 Å². The number of aliphatic hydroxyl groups is 1. The molecule has 0 bridgehead atoms. The second-order valence-corrected chi connectivity index (χ2v) is 5.01. The zero-order valence-electron chi connectivity index (χ0n) is 10.6. The average Bonchev–Trinajstić information content (AvgIpc) is 2.35. The molecule has 1 aromatic rings. The molecule has 18 heavy (non-hydrogen) atoms. The van der Waals surface area contributed by atoms with Crippen LogP contribution in [0, 0.1) is 6.92 Å². The van der Waals surface area contributed by atoms with Gasteiger partial charge in [0.15, 0.2) is 0 Å². The molecule has 1 rings (SSSR count). The van der Waals surface area contributed by atoms with Crippen molar-refractivity contribution in [3.63, 3.8) is 0 Å². The predicted molar refractivity (Wildman–Crippen MR) is 77.2 cm³/mol. The molecule has 0 saturated heterocycles. The highest BCUT2D eigenvalue weighted by Crippen LogP contribution is 2.19. The maximum Gasteiger partial charge on any atom is 0.244 e. The van der Waals surface area contributed by atoms with Crippen LogP contribution in [-0.2, 0) is 4.79 Å². The highest BCUT2D eigenvalue weighted by molar-refractivity contribution is 9.10. The zero-order valence-corrected chi connectivity index (χ0v) is 12.2. The Morgan fingerprint density at radius 1 is 1.56 bits per heavy atom. The lowest BCUT2D eigenvalue weighted by Crippen LogP contribution is -2.35. The first kappa shape index (κ1) is 14.9. The minimum atomic E-state index is -0.191. The number of rotatable bonds is 5. The van der Waals surface area contributed by atoms with E-state index in [1.54, 1.807) is 6.08 Å². The Kier molecular flexibility index (Phi) is 6.09. The van der Waals surface area contributed by atoms with E-state index >= 15 is 0 Å². The van der Waals surface area contributed by atoms with Crippen molar-refractivity contribution >= 4 is 27.9 Å². The van der Waals surface area contributed by atoms with E-state index < -0.39 is 0 Å². The van der Waals surface area contributed by atoms with Crippen molar-refractivity contribution in [1.29, 1.82) is 0 Å². The fraction of sp³-hybridized carbons (Fsp3) is 0.357. The molecule has 1 atom stereocenters. The van der Waals surface area contributed by atoms with Gasteiger partial charge in [-0.15, -0.1) is 0 Å². The Morgan fingerprint density at radius 3 is 2.83 bits per heavy atom. The molecule has 0 aliphatic carbocycles. The number of carbonyl (C=O) groups is 1. The maximum absolute atomic E-state index is 11.6. The van der Waals surface area contributed by atoms with E-state index in [0.717, 1.165) is 15.6 Å². The summed E-state index contributed by atoms with van der Waals surface area (Å²) in [4.78, 5) is 11.6. The number of nitrogens with one attached hydrogen (secondary N) is 1. The first-order chi connectivity index (χ1) is 8.56. The molecule has 98 valence electrons. The normalized spacial score (nSPS) is 12.7. The highest BCUT2D eigenvalue weighted by Gasteiger charge is 2.06. The largest absolute Gasteiger partial charge is 0.394 e. The van der Waals surface area contributed by atoms with E-state index in [0.29, 0.717) is 6.42 Å². The third kappa shape index (κ3) is 4.63. The first-order valence-electron chi connectivity index (χ1n) is 5.92. The van der Waals surface area contributed by atoms with E-state index in [1.165, 1.54) is 6.08 Å². The maximum atomic E-state index is 11.6. The quantitative estimate of drug-likeness (QED) is 0.821. The molecule has 0 radical (unpaired) electrons. The number of hydrogen-bond acceptors (Lipinski definition) is 2. The molecule has 0 aliphatic rings. The first-order valence-corrected chi connectivity index (χ1v) is 6.71. The summed E-state index contributed by atoms with van der Waals surface area (Å²) in [7, 11) is 0. The highest BCUT2D eigenvalue weighted by atomic mass is 79.9. The summed E-state index contributed by atoms with van der Waals surface area (Å²) in [5.41, 5.74) is 2.11. The number of hydrogen-bond donors (Lipinski definition) is 2. The molecule has 3 nitrogen and oxygen atoms in total. The van der Waals surface area contributed by atoms with Gasteiger partial charge in [0.1, 0.15) is 0 Å². The van der Waals surface area contributed by atoms with Crippen molar-refractivity contribution in [2.45, 2.75) is 26.3 Å². The van der Waals surface area contributed by atoms with Crippen molar-refractivity contribution < 1.29 is 9.90 Å². The van der Waals surface area contributed by atoms with Crippen LogP contribution in [0.15, 0.2) is 28.7 Å². The van der Waals surface area contributed by atoms with Gasteiger partial charge in [-0.1, -0.05) is 35.0 Å². The Balaban J connectivity index is 2.66. The van der Waals surface area contributed by atoms with Gasteiger partial charge in [-0.05, 0) is 36.6 Å². The summed E-state index contributed by atoms with van der Waals surface area (Å²) in [6.07, 6.45) is 3.95. The molecule has 0 spiro atoms. The Hall–Kier alpha value is -1.13. The van der Waals surface area contributed by atoms with E-state index in [9.17, 15) is 4.79 Å². The third-order valence-corrected chi connectivity index (χ3v) is 3.32. The van der Waals surface area contributed by atoms with E-state index in [1.807, 2.05) is 32.0 Å². The zero-order chi connectivity index (χ0) is 13.5. The van der Waals surface area contributed by atoms with Gasteiger partial charge < -0.3 is 10.4 Å². The molecule has 0 aromatic heterocycles. The van der Waals surface area contributed by atoms with Crippen LogP contribution < -0.4 is 5.32 Å². The fourth-order valence-electron chi connectivity index (χ4n) is 1.46. The number of carbonyl (C=O) groups excluding carboxylic acids is 1. The van der Waals surface area contributed by atoms with Gasteiger partial charge in [0, 0.05) is 10.5 Å². The predicted octanol–water partition coefficient (Wildman–Crippen LogP) is 2.66. The molecular weight excluding hydrogens is 294 g/mol. The lowest BCUT2D eigenvalue weighted by Gasteiger charge is -2.11. The summed E-state index contributed by atoms with van der Waals surface area (Å²) in [6, 6.07) is 5.76. The van der Waals surface area contributed by atoms with Crippen molar-refractivity contribution in [1.82, 2.24) is 5.32 Å². The fourth-order valence-corrected chi connectivity index (χ4v) is 2.08. The number of aryl methyl sites for hydroxylation is 1. The van der Waals surface area contributed by atoms with Crippen molar-refractivity contribution in [2.24, 2.45) is 0 Å². The van der Waals surface area contributed by atoms with Gasteiger partial charge in [0.05, 0.1) is 12.6 Å². The molecule has 0 heterocycles. The monoisotopic (exact) mass is 311 g/mol. The summed E-state index contributed by atoms with van der Waals surface area (Å²) < 4.78 is 0.959. The molecule has 4 heteroatoms. The van der Waals surface area contributed by atoms with Gasteiger partial charge >= 0.3 is 0 Å². The molecule has 1 unspecified atom stereocenters. The van der Waals surface area contributed by atoms with Crippen molar-refractivity contribution in [3.8, 4) is 0 Å². The Morgan fingerprint density at radius 2 is 2.28 bits per heavy atom. The number of benzene rings is 1. The Bertz CT molecular complexity index is 439. The molecule has 0 aliphatic heterocycles. The van der Waals surface area contributed by atoms with Gasteiger partial charge in [0.2, 0.25) is 5.91 Å². The molecule has 0 fully saturated rings. The van der Waals surface area contributed by atoms with E-state index in [4.69, 9.17) is 5.11 Å². The molecule has 0 saturated carbocycles. The summed E-state index contributed by atoms with van der Waals surface area (Å²) in [5.74, 6) is -0.191. The summed E-state index contributed by atoms with van der Waals surface area (Å²) in [5, 5.41) is 11.7. The summed E-state index contributed by atoms with van der Waals surface area (Å²) in [6.45, 7) is 3.89. The van der Waals surface area contributed by atoms with Crippen LogP contribution in [0.2, 0.25) is 0 Å². The molecule has 1 aromatic carbocycles. The number of halogens is 1. The smallest absolute Gasteiger partial charge is 0.244 e.